The molecule has 0 N–H and O–H groups in total. The molecule has 5 heteroatoms. The minimum absolute atomic E-state index is 0.816. The topological polar surface area (TPSA) is 39.9 Å². The summed E-state index contributed by atoms with van der Waals surface area (Å²) in [5.74, 6) is 0.816. The highest BCUT2D eigenvalue weighted by molar-refractivity contribution is 9.10. The number of aryl methyl sites for hydroxylation is 1. The zero-order valence-electron chi connectivity index (χ0n) is 10.6. The third kappa shape index (κ3) is 2.00. The first kappa shape index (κ1) is 12.2. The molecule has 0 bridgehead atoms. The van der Waals surface area contributed by atoms with Crippen molar-refractivity contribution in [1.29, 1.82) is 0 Å². The Morgan fingerprint density at radius 2 is 2.11 bits per heavy atom. The van der Waals surface area contributed by atoms with Crippen LogP contribution in [0, 0.1) is 0 Å². The van der Waals surface area contributed by atoms with E-state index in [9.17, 15) is 0 Å². The monoisotopic (exact) mass is 317 g/mol. The van der Waals surface area contributed by atoms with Gasteiger partial charge in [0.25, 0.3) is 0 Å². The van der Waals surface area contributed by atoms with E-state index in [4.69, 9.17) is 4.74 Å². The zero-order chi connectivity index (χ0) is 13.4. The number of aromatic nitrogens is 3. The van der Waals surface area contributed by atoms with Gasteiger partial charge in [-0.1, -0.05) is 12.1 Å². The second kappa shape index (κ2) is 4.66. The van der Waals surface area contributed by atoms with Gasteiger partial charge >= 0.3 is 0 Å². The Morgan fingerprint density at radius 3 is 2.89 bits per heavy atom. The Hall–Kier alpha value is -1.88. The third-order valence-corrected chi connectivity index (χ3v) is 3.65. The average molecular weight is 318 g/mol. The van der Waals surface area contributed by atoms with Crippen LogP contribution < -0.4 is 4.74 Å². The Balaban J connectivity index is 2.30. The molecule has 2 heterocycles. The van der Waals surface area contributed by atoms with Gasteiger partial charge in [0.15, 0.2) is 0 Å². The number of rotatable bonds is 2. The first-order chi connectivity index (χ1) is 9.20. The second-order valence-corrected chi connectivity index (χ2v) is 5.10. The van der Waals surface area contributed by atoms with E-state index in [-0.39, 0.29) is 0 Å². The lowest BCUT2D eigenvalue weighted by molar-refractivity contribution is 0.415. The number of halogens is 1. The third-order valence-electron chi connectivity index (χ3n) is 3.05. The molecule has 0 aliphatic rings. The van der Waals surface area contributed by atoms with Crippen molar-refractivity contribution in [3.63, 3.8) is 0 Å². The number of nitrogens with zero attached hydrogens (tertiary/aromatic N) is 3. The summed E-state index contributed by atoms with van der Waals surface area (Å²) < 4.78 is 8.23. The van der Waals surface area contributed by atoms with Crippen LogP contribution >= 0.6 is 15.9 Å². The van der Waals surface area contributed by atoms with E-state index in [0.29, 0.717) is 0 Å². The van der Waals surface area contributed by atoms with Gasteiger partial charge in [-0.3, -0.25) is 0 Å². The molecule has 0 spiro atoms. The van der Waals surface area contributed by atoms with Gasteiger partial charge in [-0.2, -0.15) is 0 Å². The quantitative estimate of drug-likeness (QED) is 0.727. The van der Waals surface area contributed by atoms with Gasteiger partial charge in [-0.25, -0.2) is 9.97 Å². The van der Waals surface area contributed by atoms with E-state index < -0.39 is 0 Å². The smallest absolute Gasteiger partial charge is 0.144 e. The maximum atomic E-state index is 5.26. The summed E-state index contributed by atoms with van der Waals surface area (Å²) >= 11 is 3.57. The summed E-state index contributed by atoms with van der Waals surface area (Å²) in [6.07, 6.45) is 3.58. The standard InChI is InChI=1S/C14H12BrN3O/c1-18-7-11(15)12-13(16-8-17-14(12)18)9-4-3-5-10(6-9)19-2/h3-8H,1-2H3. The number of methoxy groups -OCH3 is 1. The van der Waals surface area contributed by atoms with E-state index in [1.54, 1.807) is 13.4 Å². The number of ether oxygens (including phenoxy) is 1. The van der Waals surface area contributed by atoms with Gasteiger partial charge in [0.1, 0.15) is 17.7 Å². The molecule has 4 nitrogen and oxygen atoms in total. The predicted molar refractivity (Wildman–Crippen MR) is 78.2 cm³/mol. The van der Waals surface area contributed by atoms with Crippen molar-refractivity contribution < 1.29 is 4.74 Å². The molecule has 0 radical (unpaired) electrons. The van der Waals surface area contributed by atoms with Gasteiger partial charge < -0.3 is 9.30 Å². The lowest BCUT2D eigenvalue weighted by Crippen LogP contribution is -1.92. The fourth-order valence-corrected chi connectivity index (χ4v) is 2.82. The molecule has 0 saturated heterocycles. The molecule has 1 aromatic carbocycles. The molecule has 19 heavy (non-hydrogen) atoms. The van der Waals surface area contributed by atoms with Crippen LogP contribution in [-0.4, -0.2) is 21.6 Å². The van der Waals surface area contributed by atoms with Crippen molar-refractivity contribution in [2.45, 2.75) is 0 Å². The van der Waals surface area contributed by atoms with E-state index >= 15 is 0 Å². The van der Waals surface area contributed by atoms with E-state index in [2.05, 4.69) is 25.9 Å². The van der Waals surface area contributed by atoms with E-state index in [1.807, 2.05) is 42.1 Å². The average Bonchev–Trinajstić information content (AvgIpc) is 2.74. The SMILES string of the molecule is COc1cccc(-c2ncnc3c2c(Br)cn3C)c1. The van der Waals surface area contributed by atoms with Crippen LogP contribution in [0.5, 0.6) is 5.75 Å². The van der Waals surface area contributed by atoms with Crippen molar-refractivity contribution in [3.05, 3.63) is 41.3 Å². The Labute approximate surface area is 119 Å². The molecule has 0 saturated carbocycles. The maximum absolute atomic E-state index is 5.26. The number of benzene rings is 1. The summed E-state index contributed by atoms with van der Waals surface area (Å²) in [6, 6.07) is 7.87. The maximum Gasteiger partial charge on any atom is 0.144 e. The molecule has 0 atom stereocenters. The van der Waals surface area contributed by atoms with Crippen molar-refractivity contribution in [2.24, 2.45) is 7.05 Å². The van der Waals surface area contributed by atoms with Crippen LogP contribution in [0.15, 0.2) is 41.3 Å². The highest BCUT2D eigenvalue weighted by atomic mass is 79.9. The zero-order valence-corrected chi connectivity index (χ0v) is 12.2. The first-order valence-corrected chi connectivity index (χ1v) is 6.60. The molecule has 3 rings (SSSR count). The van der Waals surface area contributed by atoms with Crippen molar-refractivity contribution in [2.75, 3.05) is 7.11 Å². The Bertz CT molecular complexity index is 752. The molecule has 0 unspecified atom stereocenters. The second-order valence-electron chi connectivity index (χ2n) is 4.24. The highest BCUT2D eigenvalue weighted by Gasteiger charge is 2.13. The molecule has 0 aliphatic carbocycles. The van der Waals surface area contributed by atoms with Crippen LogP contribution in [0.4, 0.5) is 0 Å². The molecule has 3 aromatic rings. The highest BCUT2D eigenvalue weighted by Crippen LogP contribution is 2.33. The molecule has 96 valence electrons. The predicted octanol–water partition coefficient (Wildman–Crippen LogP) is 3.41. The van der Waals surface area contributed by atoms with Gasteiger partial charge in [-0.15, -0.1) is 0 Å². The summed E-state index contributed by atoms with van der Waals surface area (Å²) in [4.78, 5) is 8.74. The summed E-state index contributed by atoms with van der Waals surface area (Å²) in [6.45, 7) is 0. The molecule has 0 fully saturated rings. The summed E-state index contributed by atoms with van der Waals surface area (Å²) in [5, 5.41) is 1.01. The van der Waals surface area contributed by atoms with Crippen LogP contribution in [0.3, 0.4) is 0 Å². The van der Waals surface area contributed by atoms with Crippen molar-refractivity contribution in [3.8, 4) is 17.0 Å². The van der Waals surface area contributed by atoms with Crippen molar-refractivity contribution in [1.82, 2.24) is 14.5 Å². The minimum Gasteiger partial charge on any atom is -0.497 e. The lowest BCUT2D eigenvalue weighted by Gasteiger charge is -2.05. The molecule has 2 aromatic heterocycles. The van der Waals surface area contributed by atoms with E-state index in [1.165, 1.54) is 0 Å². The fraction of sp³-hybridized carbons (Fsp3) is 0.143. The van der Waals surface area contributed by atoms with Crippen LogP contribution in [0.2, 0.25) is 0 Å². The van der Waals surface area contributed by atoms with Crippen LogP contribution in [-0.2, 0) is 7.05 Å². The molecule has 0 aliphatic heterocycles. The normalized spacial score (nSPS) is 10.9. The summed E-state index contributed by atoms with van der Waals surface area (Å²) in [7, 11) is 3.63. The lowest BCUT2D eigenvalue weighted by atomic mass is 10.1. The van der Waals surface area contributed by atoms with Gasteiger partial charge in [0.05, 0.1) is 18.2 Å². The summed E-state index contributed by atoms with van der Waals surface area (Å²) in [5.41, 5.74) is 2.81. The Morgan fingerprint density at radius 1 is 1.26 bits per heavy atom. The number of hydrogen-bond donors (Lipinski definition) is 0. The van der Waals surface area contributed by atoms with Gasteiger partial charge in [0.2, 0.25) is 0 Å². The molecular formula is C14H12BrN3O. The minimum atomic E-state index is 0.816. The van der Waals surface area contributed by atoms with Crippen molar-refractivity contribution >= 4 is 27.0 Å². The molecule has 0 amide bonds. The molecular weight excluding hydrogens is 306 g/mol. The van der Waals surface area contributed by atoms with E-state index in [0.717, 1.165) is 32.5 Å². The van der Waals surface area contributed by atoms with Crippen LogP contribution in [0.1, 0.15) is 0 Å². The van der Waals surface area contributed by atoms with Gasteiger partial charge in [0, 0.05) is 23.3 Å². The first-order valence-electron chi connectivity index (χ1n) is 5.80. The van der Waals surface area contributed by atoms with Crippen LogP contribution in [0.25, 0.3) is 22.3 Å². The number of hydrogen-bond acceptors (Lipinski definition) is 3. The number of fused-ring (bicyclic) bond motifs is 1. The Kier molecular flexibility index (Phi) is 2.98. The van der Waals surface area contributed by atoms with Gasteiger partial charge in [-0.05, 0) is 28.1 Å². The largest absolute Gasteiger partial charge is 0.497 e. The fourth-order valence-electron chi connectivity index (χ4n) is 2.15.